The third-order valence-corrected chi connectivity index (χ3v) is 3.15. The Bertz CT molecular complexity index is 425. The van der Waals surface area contributed by atoms with E-state index in [9.17, 15) is 13.6 Å². The van der Waals surface area contributed by atoms with E-state index in [1.807, 2.05) is 0 Å². The number of aliphatic carboxylic acids is 1. The molecule has 0 atom stereocenters. The molecule has 0 saturated carbocycles. The SMILES string of the molecule is O=C(O)C(F)(F)Cc1ccc(N2CCCC2)cc1. The molecule has 1 aliphatic rings. The third-order valence-electron chi connectivity index (χ3n) is 3.15. The summed E-state index contributed by atoms with van der Waals surface area (Å²) in [6.45, 7) is 1.98. The smallest absolute Gasteiger partial charge is 0.374 e. The molecule has 1 heterocycles. The summed E-state index contributed by atoms with van der Waals surface area (Å²) in [5.74, 6) is -5.78. The first-order chi connectivity index (χ1) is 8.49. The van der Waals surface area contributed by atoms with Crippen LogP contribution < -0.4 is 4.90 Å². The van der Waals surface area contributed by atoms with E-state index in [4.69, 9.17) is 5.11 Å². The maximum Gasteiger partial charge on any atom is 0.374 e. The second-order valence-electron chi connectivity index (χ2n) is 4.55. The van der Waals surface area contributed by atoms with E-state index in [0.29, 0.717) is 5.56 Å². The Morgan fingerprint density at radius 2 is 1.78 bits per heavy atom. The fourth-order valence-corrected chi connectivity index (χ4v) is 2.13. The number of carbonyl (C=O) groups is 1. The van der Waals surface area contributed by atoms with Crippen LogP contribution in [0.5, 0.6) is 0 Å². The minimum atomic E-state index is -3.70. The standard InChI is InChI=1S/C13H15F2NO2/c14-13(15,12(17)18)9-10-3-5-11(6-4-10)16-7-1-2-8-16/h3-6H,1-2,7-9H2,(H,17,18). The van der Waals surface area contributed by atoms with E-state index in [1.54, 1.807) is 24.3 Å². The van der Waals surface area contributed by atoms with E-state index in [1.165, 1.54) is 0 Å². The fourth-order valence-electron chi connectivity index (χ4n) is 2.13. The number of nitrogens with zero attached hydrogens (tertiary/aromatic N) is 1. The van der Waals surface area contributed by atoms with Crippen molar-refractivity contribution in [3.8, 4) is 0 Å². The van der Waals surface area contributed by atoms with Gasteiger partial charge in [-0.15, -0.1) is 0 Å². The average molecular weight is 255 g/mol. The quantitative estimate of drug-likeness (QED) is 0.898. The van der Waals surface area contributed by atoms with E-state index < -0.39 is 18.3 Å². The van der Waals surface area contributed by atoms with Crippen LogP contribution in [0.1, 0.15) is 18.4 Å². The number of alkyl halides is 2. The predicted molar refractivity (Wildman–Crippen MR) is 64.2 cm³/mol. The van der Waals surface area contributed by atoms with Gasteiger partial charge in [-0.25, -0.2) is 4.79 Å². The van der Waals surface area contributed by atoms with Crippen LogP contribution in [0.2, 0.25) is 0 Å². The molecule has 0 radical (unpaired) electrons. The summed E-state index contributed by atoms with van der Waals surface area (Å²) in [6.07, 6.45) is 1.54. The first-order valence-electron chi connectivity index (χ1n) is 5.94. The van der Waals surface area contributed by atoms with Crippen LogP contribution in [-0.4, -0.2) is 30.1 Å². The average Bonchev–Trinajstić information content (AvgIpc) is 2.83. The highest BCUT2D eigenvalue weighted by Crippen LogP contribution is 2.24. The van der Waals surface area contributed by atoms with Crippen molar-refractivity contribution in [2.24, 2.45) is 0 Å². The summed E-state index contributed by atoms with van der Waals surface area (Å²) in [4.78, 5) is 12.5. The number of hydrogen-bond donors (Lipinski definition) is 1. The number of hydrogen-bond acceptors (Lipinski definition) is 2. The molecule has 0 amide bonds. The second-order valence-corrected chi connectivity index (χ2v) is 4.55. The summed E-state index contributed by atoms with van der Waals surface area (Å²) in [7, 11) is 0. The van der Waals surface area contributed by atoms with Crippen molar-refractivity contribution in [2.75, 3.05) is 18.0 Å². The Morgan fingerprint density at radius 3 is 2.28 bits per heavy atom. The molecule has 98 valence electrons. The number of anilines is 1. The minimum absolute atomic E-state index is 0.338. The molecule has 1 fully saturated rings. The van der Waals surface area contributed by atoms with E-state index in [0.717, 1.165) is 31.6 Å². The highest BCUT2D eigenvalue weighted by atomic mass is 19.3. The van der Waals surface area contributed by atoms with Gasteiger partial charge >= 0.3 is 11.9 Å². The molecule has 5 heteroatoms. The summed E-state index contributed by atoms with van der Waals surface area (Å²) >= 11 is 0. The van der Waals surface area contributed by atoms with Crippen molar-refractivity contribution in [2.45, 2.75) is 25.2 Å². The van der Waals surface area contributed by atoms with Gasteiger partial charge in [0.1, 0.15) is 0 Å². The van der Waals surface area contributed by atoms with Gasteiger partial charge in [0.15, 0.2) is 0 Å². The Labute approximate surface area is 104 Å². The largest absolute Gasteiger partial charge is 0.477 e. The first-order valence-corrected chi connectivity index (χ1v) is 5.94. The minimum Gasteiger partial charge on any atom is -0.477 e. The van der Waals surface area contributed by atoms with Gasteiger partial charge in [0.2, 0.25) is 0 Å². The van der Waals surface area contributed by atoms with Crippen LogP contribution in [0.25, 0.3) is 0 Å². The van der Waals surface area contributed by atoms with Crippen molar-refractivity contribution in [3.63, 3.8) is 0 Å². The lowest BCUT2D eigenvalue weighted by Gasteiger charge is -2.18. The molecule has 1 N–H and O–H groups in total. The zero-order valence-corrected chi connectivity index (χ0v) is 9.90. The maximum absolute atomic E-state index is 13.0. The summed E-state index contributed by atoms with van der Waals surface area (Å²) in [6, 6.07) is 6.70. The number of carboxylic acids is 1. The molecule has 18 heavy (non-hydrogen) atoms. The number of rotatable bonds is 4. The number of benzene rings is 1. The second kappa shape index (κ2) is 4.92. The first kappa shape index (κ1) is 12.8. The lowest BCUT2D eigenvalue weighted by molar-refractivity contribution is -0.164. The van der Waals surface area contributed by atoms with Crippen molar-refractivity contribution >= 4 is 11.7 Å². The highest BCUT2D eigenvalue weighted by molar-refractivity contribution is 5.75. The van der Waals surface area contributed by atoms with Gasteiger partial charge in [0, 0.05) is 25.2 Å². The van der Waals surface area contributed by atoms with Crippen molar-refractivity contribution in [1.82, 2.24) is 0 Å². The summed E-state index contributed by atoms with van der Waals surface area (Å²) in [5, 5.41) is 8.37. The van der Waals surface area contributed by atoms with Crippen molar-refractivity contribution in [3.05, 3.63) is 29.8 Å². The van der Waals surface area contributed by atoms with E-state index in [-0.39, 0.29) is 0 Å². The lowest BCUT2D eigenvalue weighted by Crippen LogP contribution is -2.30. The van der Waals surface area contributed by atoms with Crippen LogP contribution in [0.15, 0.2) is 24.3 Å². The molecule has 0 bridgehead atoms. The number of carboxylic acid groups (broad SMARTS) is 1. The maximum atomic E-state index is 13.0. The molecule has 1 aromatic rings. The highest BCUT2D eigenvalue weighted by Gasteiger charge is 2.38. The molecule has 0 spiro atoms. The molecule has 0 unspecified atom stereocenters. The Kier molecular flexibility index (Phi) is 3.50. The molecular weight excluding hydrogens is 240 g/mol. The molecule has 1 aliphatic heterocycles. The number of halogens is 2. The molecular formula is C13H15F2NO2. The van der Waals surface area contributed by atoms with E-state index in [2.05, 4.69) is 4.90 Å². The Morgan fingerprint density at radius 1 is 1.22 bits per heavy atom. The molecule has 2 rings (SSSR count). The van der Waals surface area contributed by atoms with Gasteiger partial charge in [0.25, 0.3) is 0 Å². The van der Waals surface area contributed by atoms with Gasteiger partial charge in [0.05, 0.1) is 0 Å². The van der Waals surface area contributed by atoms with Crippen molar-refractivity contribution < 1.29 is 18.7 Å². The van der Waals surface area contributed by atoms with Gasteiger partial charge in [-0.3, -0.25) is 0 Å². The third kappa shape index (κ3) is 2.78. The zero-order valence-electron chi connectivity index (χ0n) is 9.90. The van der Waals surface area contributed by atoms with Gasteiger partial charge in [-0.1, -0.05) is 12.1 Å². The normalized spacial score (nSPS) is 16.0. The Hall–Kier alpha value is -1.65. The molecule has 1 aromatic carbocycles. The topological polar surface area (TPSA) is 40.5 Å². The van der Waals surface area contributed by atoms with Gasteiger partial charge in [-0.2, -0.15) is 8.78 Å². The van der Waals surface area contributed by atoms with Crippen molar-refractivity contribution in [1.29, 1.82) is 0 Å². The van der Waals surface area contributed by atoms with Crippen LogP contribution in [0, 0.1) is 0 Å². The molecule has 1 saturated heterocycles. The Balaban J connectivity index is 2.05. The van der Waals surface area contributed by atoms with Crippen LogP contribution in [-0.2, 0) is 11.2 Å². The van der Waals surface area contributed by atoms with E-state index >= 15 is 0 Å². The lowest BCUT2D eigenvalue weighted by atomic mass is 10.1. The summed E-state index contributed by atoms with van der Waals surface area (Å²) in [5.41, 5.74) is 1.35. The predicted octanol–water partition coefficient (Wildman–Crippen LogP) is 2.55. The van der Waals surface area contributed by atoms with Gasteiger partial charge < -0.3 is 10.0 Å². The van der Waals surface area contributed by atoms with Gasteiger partial charge in [-0.05, 0) is 30.5 Å². The van der Waals surface area contributed by atoms with Crippen LogP contribution >= 0.6 is 0 Å². The molecule has 0 aromatic heterocycles. The molecule has 0 aliphatic carbocycles. The zero-order chi connectivity index (χ0) is 13.2. The van der Waals surface area contributed by atoms with Crippen LogP contribution in [0.4, 0.5) is 14.5 Å². The molecule has 3 nitrogen and oxygen atoms in total. The van der Waals surface area contributed by atoms with Crippen LogP contribution in [0.3, 0.4) is 0 Å². The summed E-state index contributed by atoms with van der Waals surface area (Å²) < 4.78 is 26.0. The fraction of sp³-hybridized carbons (Fsp3) is 0.462. The monoisotopic (exact) mass is 255 g/mol.